The van der Waals surface area contributed by atoms with Gasteiger partial charge in [0.25, 0.3) is 0 Å². The van der Waals surface area contributed by atoms with E-state index >= 15 is 0 Å². The Hall–Kier alpha value is -0.860. The molecule has 9 heteroatoms. The zero-order chi connectivity index (χ0) is 19.3. The Bertz CT molecular complexity index is 715. The van der Waals surface area contributed by atoms with Gasteiger partial charge in [0, 0.05) is 32.2 Å². The van der Waals surface area contributed by atoms with Crippen molar-refractivity contribution in [3.8, 4) is 0 Å². The SMILES string of the molecule is CCC[C@@H](C)NC(=O)CN1CCN(S(=O)(=O)c2c(Cl)cccc2Cl)CC1. The van der Waals surface area contributed by atoms with Gasteiger partial charge in [-0.1, -0.05) is 42.6 Å². The predicted octanol–water partition coefficient (Wildman–Crippen LogP) is 2.60. The molecular formula is C17H25Cl2N3O3S. The van der Waals surface area contributed by atoms with Crippen LogP contribution in [0.25, 0.3) is 0 Å². The predicted molar refractivity (Wildman–Crippen MR) is 104 cm³/mol. The van der Waals surface area contributed by atoms with Crippen molar-refractivity contribution in [3.05, 3.63) is 28.2 Å². The molecule has 26 heavy (non-hydrogen) atoms. The van der Waals surface area contributed by atoms with E-state index in [0.717, 1.165) is 12.8 Å². The quantitative estimate of drug-likeness (QED) is 0.734. The molecule has 1 atom stereocenters. The summed E-state index contributed by atoms with van der Waals surface area (Å²) in [5, 5.41) is 3.19. The minimum atomic E-state index is -3.76. The van der Waals surface area contributed by atoms with Gasteiger partial charge in [0.05, 0.1) is 16.6 Å². The summed E-state index contributed by atoms with van der Waals surface area (Å²) in [6, 6.07) is 4.79. The lowest BCUT2D eigenvalue weighted by molar-refractivity contribution is -0.123. The molecular weight excluding hydrogens is 397 g/mol. The summed E-state index contributed by atoms with van der Waals surface area (Å²) in [5.74, 6) is -0.0311. The van der Waals surface area contributed by atoms with Gasteiger partial charge in [-0.25, -0.2) is 8.42 Å². The molecule has 0 aromatic heterocycles. The van der Waals surface area contributed by atoms with Crippen LogP contribution in [-0.4, -0.2) is 62.3 Å². The number of nitrogens with zero attached hydrogens (tertiary/aromatic N) is 2. The Morgan fingerprint density at radius 1 is 1.19 bits per heavy atom. The molecule has 0 saturated carbocycles. The molecule has 0 radical (unpaired) electrons. The Balaban J connectivity index is 1.95. The van der Waals surface area contributed by atoms with E-state index in [1.807, 2.05) is 11.8 Å². The van der Waals surface area contributed by atoms with Crippen LogP contribution in [0.3, 0.4) is 0 Å². The van der Waals surface area contributed by atoms with Crippen LogP contribution in [0.5, 0.6) is 0 Å². The lowest BCUT2D eigenvalue weighted by Crippen LogP contribution is -2.51. The van der Waals surface area contributed by atoms with Crippen molar-refractivity contribution in [2.75, 3.05) is 32.7 Å². The molecule has 146 valence electrons. The molecule has 0 spiro atoms. The van der Waals surface area contributed by atoms with Gasteiger partial charge in [0.1, 0.15) is 4.90 Å². The van der Waals surface area contributed by atoms with E-state index in [4.69, 9.17) is 23.2 Å². The second-order valence-corrected chi connectivity index (χ2v) is 9.18. The highest BCUT2D eigenvalue weighted by Gasteiger charge is 2.32. The van der Waals surface area contributed by atoms with Crippen LogP contribution in [0, 0.1) is 0 Å². The van der Waals surface area contributed by atoms with Crippen molar-refractivity contribution in [3.63, 3.8) is 0 Å². The van der Waals surface area contributed by atoms with Crippen LogP contribution in [-0.2, 0) is 14.8 Å². The summed E-state index contributed by atoms with van der Waals surface area (Å²) >= 11 is 12.1. The summed E-state index contributed by atoms with van der Waals surface area (Å²) in [4.78, 5) is 14.0. The first-order valence-corrected chi connectivity index (χ1v) is 10.9. The zero-order valence-electron chi connectivity index (χ0n) is 15.0. The van der Waals surface area contributed by atoms with E-state index in [2.05, 4.69) is 12.2 Å². The summed E-state index contributed by atoms with van der Waals surface area (Å²) in [5.41, 5.74) is 0. The first-order chi connectivity index (χ1) is 12.3. The number of carbonyl (C=O) groups excluding carboxylic acids is 1. The standard InChI is InChI=1S/C17H25Cl2N3O3S/c1-3-5-13(2)20-16(23)12-21-8-10-22(11-9-21)26(24,25)17-14(18)6-4-7-15(17)19/h4,6-7,13H,3,5,8-12H2,1-2H3,(H,20,23)/t13-/m1/s1. The van der Waals surface area contributed by atoms with Crippen molar-refractivity contribution in [1.29, 1.82) is 0 Å². The number of sulfonamides is 1. The van der Waals surface area contributed by atoms with E-state index in [1.165, 1.54) is 16.4 Å². The van der Waals surface area contributed by atoms with Crippen molar-refractivity contribution in [2.45, 2.75) is 37.6 Å². The van der Waals surface area contributed by atoms with E-state index in [-0.39, 0.29) is 33.4 Å². The molecule has 1 aliphatic heterocycles. The van der Waals surface area contributed by atoms with E-state index in [0.29, 0.717) is 26.2 Å². The third-order valence-corrected chi connectivity index (χ3v) is 7.20. The van der Waals surface area contributed by atoms with Crippen LogP contribution < -0.4 is 5.32 Å². The molecule has 1 heterocycles. The van der Waals surface area contributed by atoms with Crippen molar-refractivity contribution in [2.24, 2.45) is 0 Å². The summed E-state index contributed by atoms with van der Waals surface area (Å²) in [7, 11) is -3.76. The largest absolute Gasteiger partial charge is 0.353 e. The highest BCUT2D eigenvalue weighted by atomic mass is 35.5. The highest BCUT2D eigenvalue weighted by molar-refractivity contribution is 7.89. The molecule has 1 aliphatic rings. The third-order valence-electron chi connectivity index (χ3n) is 4.34. The highest BCUT2D eigenvalue weighted by Crippen LogP contribution is 2.31. The number of piperazine rings is 1. The lowest BCUT2D eigenvalue weighted by atomic mass is 10.2. The number of hydrogen-bond donors (Lipinski definition) is 1. The van der Waals surface area contributed by atoms with Crippen molar-refractivity contribution < 1.29 is 13.2 Å². The Morgan fingerprint density at radius 2 is 1.77 bits per heavy atom. The summed E-state index contributed by atoms with van der Waals surface area (Å²) in [6.45, 7) is 5.89. The fourth-order valence-electron chi connectivity index (χ4n) is 3.01. The minimum Gasteiger partial charge on any atom is -0.353 e. The Labute approximate surface area is 165 Å². The third kappa shape index (κ3) is 5.33. The average Bonchev–Trinajstić information content (AvgIpc) is 2.55. The molecule has 6 nitrogen and oxygen atoms in total. The van der Waals surface area contributed by atoms with E-state index < -0.39 is 10.0 Å². The van der Waals surface area contributed by atoms with Gasteiger partial charge < -0.3 is 5.32 Å². The average molecular weight is 422 g/mol. The van der Waals surface area contributed by atoms with Gasteiger partial charge in [-0.2, -0.15) is 4.31 Å². The van der Waals surface area contributed by atoms with Gasteiger partial charge in [-0.05, 0) is 25.5 Å². The Morgan fingerprint density at radius 3 is 2.31 bits per heavy atom. The molecule has 0 aliphatic carbocycles. The first-order valence-electron chi connectivity index (χ1n) is 8.71. The Kier molecular flexibility index (Phi) is 7.73. The molecule has 1 fully saturated rings. The van der Waals surface area contributed by atoms with Gasteiger partial charge in [0.15, 0.2) is 0 Å². The maximum absolute atomic E-state index is 12.8. The molecule has 1 aromatic carbocycles. The van der Waals surface area contributed by atoms with E-state index in [9.17, 15) is 13.2 Å². The van der Waals surface area contributed by atoms with Crippen LogP contribution in [0.15, 0.2) is 23.1 Å². The molecule has 1 aromatic rings. The van der Waals surface area contributed by atoms with Crippen LogP contribution in [0.2, 0.25) is 10.0 Å². The number of carbonyl (C=O) groups is 1. The van der Waals surface area contributed by atoms with Crippen LogP contribution in [0.1, 0.15) is 26.7 Å². The molecule has 1 saturated heterocycles. The molecule has 1 amide bonds. The number of nitrogens with one attached hydrogen (secondary N) is 1. The zero-order valence-corrected chi connectivity index (χ0v) is 17.4. The van der Waals surface area contributed by atoms with Crippen molar-refractivity contribution in [1.82, 2.24) is 14.5 Å². The van der Waals surface area contributed by atoms with Crippen LogP contribution in [0.4, 0.5) is 0 Å². The van der Waals surface area contributed by atoms with Crippen molar-refractivity contribution >= 4 is 39.1 Å². The second-order valence-electron chi connectivity index (χ2n) is 6.49. The van der Waals surface area contributed by atoms with Gasteiger partial charge >= 0.3 is 0 Å². The van der Waals surface area contributed by atoms with Gasteiger partial charge in [-0.3, -0.25) is 9.69 Å². The smallest absolute Gasteiger partial charge is 0.246 e. The topological polar surface area (TPSA) is 69.7 Å². The number of rotatable bonds is 7. The molecule has 2 rings (SSSR count). The fourth-order valence-corrected chi connectivity index (χ4v) is 5.53. The van der Waals surface area contributed by atoms with Gasteiger partial charge in [0.2, 0.25) is 15.9 Å². The fraction of sp³-hybridized carbons (Fsp3) is 0.588. The maximum Gasteiger partial charge on any atom is 0.246 e. The van der Waals surface area contributed by atoms with Crippen LogP contribution >= 0.6 is 23.2 Å². The monoisotopic (exact) mass is 421 g/mol. The molecule has 0 bridgehead atoms. The summed E-state index contributed by atoms with van der Waals surface area (Å²) < 4.78 is 27.0. The number of halogens is 2. The number of amides is 1. The molecule has 1 N–H and O–H groups in total. The lowest BCUT2D eigenvalue weighted by Gasteiger charge is -2.34. The first kappa shape index (κ1) is 21.4. The summed E-state index contributed by atoms with van der Waals surface area (Å²) in [6.07, 6.45) is 1.96. The second kappa shape index (κ2) is 9.37. The number of hydrogen-bond acceptors (Lipinski definition) is 4. The maximum atomic E-state index is 12.8. The minimum absolute atomic E-state index is 0.0311. The van der Waals surface area contributed by atoms with Gasteiger partial charge in [-0.15, -0.1) is 0 Å². The van der Waals surface area contributed by atoms with E-state index in [1.54, 1.807) is 6.07 Å². The normalized spacial score (nSPS) is 17.8. The number of benzene rings is 1. The molecule has 0 unspecified atom stereocenters.